The highest BCUT2D eigenvalue weighted by atomic mass is 32.2. The molecule has 62 valence electrons. The van der Waals surface area contributed by atoms with E-state index in [0.717, 1.165) is 6.42 Å². The Labute approximate surface area is 70.7 Å². The molecule has 0 radical (unpaired) electrons. The Kier molecular flexibility index (Phi) is 2.71. The summed E-state index contributed by atoms with van der Waals surface area (Å²) in [4.78, 5) is 22.3. The minimum atomic E-state index is -0.110. The first-order valence-corrected chi connectivity index (χ1v) is 4.76. The SMILES string of the molecule is CCC1CC(=O)SC(C)C1=O. The van der Waals surface area contributed by atoms with E-state index < -0.39 is 0 Å². The molecular formula is C8H12O2S. The Bertz CT molecular complexity index is 189. The van der Waals surface area contributed by atoms with Gasteiger partial charge >= 0.3 is 0 Å². The molecule has 2 nitrogen and oxygen atoms in total. The average molecular weight is 172 g/mol. The highest BCUT2D eigenvalue weighted by Crippen LogP contribution is 2.29. The number of rotatable bonds is 1. The summed E-state index contributed by atoms with van der Waals surface area (Å²) < 4.78 is 0. The van der Waals surface area contributed by atoms with Gasteiger partial charge in [-0.3, -0.25) is 9.59 Å². The fourth-order valence-electron chi connectivity index (χ4n) is 1.28. The van der Waals surface area contributed by atoms with Crippen molar-refractivity contribution < 1.29 is 9.59 Å². The molecule has 0 spiro atoms. The van der Waals surface area contributed by atoms with E-state index in [4.69, 9.17) is 0 Å². The molecule has 0 bridgehead atoms. The normalized spacial score (nSPS) is 32.5. The zero-order valence-electron chi connectivity index (χ0n) is 6.79. The maximum atomic E-state index is 11.3. The lowest BCUT2D eigenvalue weighted by Crippen LogP contribution is -2.30. The molecule has 2 unspecified atom stereocenters. The number of hydrogen-bond acceptors (Lipinski definition) is 3. The van der Waals surface area contributed by atoms with Crippen LogP contribution in [0.15, 0.2) is 0 Å². The van der Waals surface area contributed by atoms with Crippen LogP contribution in [-0.2, 0) is 9.59 Å². The van der Waals surface area contributed by atoms with Crippen LogP contribution < -0.4 is 0 Å². The standard InChI is InChI=1S/C8H12O2S/c1-3-6-4-7(9)11-5(2)8(6)10/h5-6H,3-4H2,1-2H3. The summed E-state index contributed by atoms with van der Waals surface area (Å²) in [7, 11) is 0. The van der Waals surface area contributed by atoms with Gasteiger partial charge in [0.25, 0.3) is 0 Å². The number of carbonyl (C=O) groups is 2. The van der Waals surface area contributed by atoms with E-state index in [2.05, 4.69) is 0 Å². The lowest BCUT2D eigenvalue weighted by molar-refractivity contribution is -0.126. The Morgan fingerprint density at radius 2 is 2.18 bits per heavy atom. The molecule has 0 aromatic heterocycles. The number of carbonyl (C=O) groups excluding carboxylic acids is 2. The highest BCUT2D eigenvalue weighted by Gasteiger charge is 2.31. The van der Waals surface area contributed by atoms with E-state index in [-0.39, 0.29) is 22.1 Å². The summed E-state index contributed by atoms with van der Waals surface area (Å²) in [5.41, 5.74) is 0. The van der Waals surface area contributed by atoms with Crippen LogP contribution in [0.4, 0.5) is 0 Å². The monoisotopic (exact) mass is 172 g/mol. The lowest BCUT2D eigenvalue weighted by Gasteiger charge is -2.22. The summed E-state index contributed by atoms with van der Waals surface area (Å²) in [5, 5.41) is 0.0603. The van der Waals surface area contributed by atoms with Crippen molar-refractivity contribution >= 4 is 22.7 Å². The topological polar surface area (TPSA) is 34.1 Å². The van der Waals surface area contributed by atoms with E-state index >= 15 is 0 Å². The van der Waals surface area contributed by atoms with Gasteiger partial charge in [-0.25, -0.2) is 0 Å². The van der Waals surface area contributed by atoms with Gasteiger partial charge < -0.3 is 0 Å². The molecule has 0 saturated carbocycles. The van der Waals surface area contributed by atoms with E-state index in [1.54, 1.807) is 0 Å². The van der Waals surface area contributed by atoms with Crippen LogP contribution in [0.2, 0.25) is 0 Å². The molecule has 0 aromatic carbocycles. The molecule has 1 aliphatic rings. The second kappa shape index (κ2) is 3.39. The Hall–Kier alpha value is -0.310. The van der Waals surface area contributed by atoms with E-state index in [1.807, 2.05) is 13.8 Å². The Morgan fingerprint density at radius 1 is 1.55 bits per heavy atom. The average Bonchev–Trinajstić information content (AvgIpc) is 1.96. The van der Waals surface area contributed by atoms with Crippen molar-refractivity contribution in [3.05, 3.63) is 0 Å². The van der Waals surface area contributed by atoms with Crippen molar-refractivity contribution in [3.8, 4) is 0 Å². The van der Waals surface area contributed by atoms with Crippen LogP contribution in [0.25, 0.3) is 0 Å². The molecule has 1 rings (SSSR count). The number of ketones is 1. The van der Waals surface area contributed by atoms with Crippen molar-refractivity contribution in [2.45, 2.75) is 31.9 Å². The van der Waals surface area contributed by atoms with Crippen molar-refractivity contribution in [2.75, 3.05) is 0 Å². The number of Topliss-reactive ketones (excluding diaryl/α,β-unsaturated/α-hetero) is 1. The van der Waals surface area contributed by atoms with Gasteiger partial charge in [-0.2, -0.15) is 0 Å². The third-order valence-electron chi connectivity index (χ3n) is 2.02. The van der Waals surface area contributed by atoms with Crippen molar-refractivity contribution in [2.24, 2.45) is 5.92 Å². The molecule has 0 aromatic rings. The third kappa shape index (κ3) is 1.83. The molecule has 3 heteroatoms. The highest BCUT2D eigenvalue weighted by molar-refractivity contribution is 8.14. The van der Waals surface area contributed by atoms with Gasteiger partial charge in [0, 0.05) is 12.3 Å². The van der Waals surface area contributed by atoms with Gasteiger partial charge in [0.15, 0.2) is 5.12 Å². The zero-order chi connectivity index (χ0) is 8.43. The summed E-state index contributed by atoms with van der Waals surface area (Å²) in [5.74, 6) is 0.246. The first kappa shape index (κ1) is 8.78. The van der Waals surface area contributed by atoms with Gasteiger partial charge in [-0.1, -0.05) is 18.7 Å². The molecule has 1 fully saturated rings. The molecule has 2 atom stereocenters. The predicted molar refractivity (Wildman–Crippen MR) is 45.5 cm³/mol. The molecule has 1 saturated heterocycles. The van der Waals surface area contributed by atoms with E-state index in [9.17, 15) is 9.59 Å². The molecule has 0 amide bonds. The maximum absolute atomic E-state index is 11.3. The van der Waals surface area contributed by atoms with Gasteiger partial charge in [-0.05, 0) is 13.3 Å². The number of hydrogen-bond donors (Lipinski definition) is 0. The fraction of sp³-hybridized carbons (Fsp3) is 0.750. The minimum Gasteiger partial charge on any atom is -0.298 e. The summed E-state index contributed by atoms with van der Waals surface area (Å²) in [6, 6.07) is 0. The van der Waals surface area contributed by atoms with Gasteiger partial charge in [-0.15, -0.1) is 0 Å². The van der Waals surface area contributed by atoms with Crippen molar-refractivity contribution in [1.29, 1.82) is 0 Å². The van der Waals surface area contributed by atoms with Gasteiger partial charge in [0.1, 0.15) is 5.78 Å². The van der Waals surface area contributed by atoms with Crippen LogP contribution in [0, 0.1) is 5.92 Å². The van der Waals surface area contributed by atoms with E-state index in [1.165, 1.54) is 11.8 Å². The van der Waals surface area contributed by atoms with Crippen LogP contribution in [0.5, 0.6) is 0 Å². The quantitative estimate of drug-likeness (QED) is 0.603. The van der Waals surface area contributed by atoms with Crippen molar-refractivity contribution in [3.63, 3.8) is 0 Å². The maximum Gasteiger partial charge on any atom is 0.190 e. The largest absolute Gasteiger partial charge is 0.298 e. The summed E-state index contributed by atoms with van der Waals surface area (Å²) in [6.45, 7) is 3.77. The zero-order valence-corrected chi connectivity index (χ0v) is 7.61. The minimum absolute atomic E-state index is 0.00116. The summed E-state index contributed by atoms with van der Waals surface area (Å²) >= 11 is 1.18. The smallest absolute Gasteiger partial charge is 0.190 e. The first-order valence-electron chi connectivity index (χ1n) is 3.88. The molecule has 1 aliphatic heterocycles. The van der Waals surface area contributed by atoms with Crippen LogP contribution in [-0.4, -0.2) is 16.1 Å². The van der Waals surface area contributed by atoms with Gasteiger partial charge in [0.05, 0.1) is 5.25 Å². The molecule has 0 aliphatic carbocycles. The second-order valence-corrected chi connectivity index (χ2v) is 4.24. The number of thioether (sulfide) groups is 1. The van der Waals surface area contributed by atoms with E-state index in [0.29, 0.717) is 6.42 Å². The Morgan fingerprint density at radius 3 is 2.73 bits per heavy atom. The van der Waals surface area contributed by atoms with Gasteiger partial charge in [0.2, 0.25) is 0 Å². The molecular weight excluding hydrogens is 160 g/mol. The summed E-state index contributed by atoms with van der Waals surface area (Å²) in [6.07, 6.45) is 1.25. The fourth-order valence-corrected chi connectivity index (χ4v) is 2.28. The molecule has 11 heavy (non-hydrogen) atoms. The van der Waals surface area contributed by atoms with Crippen LogP contribution >= 0.6 is 11.8 Å². The first-order chi connectivity index (χ1) is 5.15. The Balaban J connectivity index is 2.66. The van der Waals surface area contributed by atoms with Crippen LogP contribution in [0.1, 0.15) is 26.7 Å². The second-order valence-electron chi connectivity index (χ2n) is 2.84. The molecule has 0 N–H and O–H groups in total. The third-order valence-corrected chi connectivity index (χ3v) is 3.03. The lowest BCUT2D eigenvalue weighted by atomic mass is 9.95. The predicted octanol–water partition coefficient (Wildman–Crippen LogP) is 1.63. The van der Waals surface area contributed by atoms with Crippen LogP contribution in [0.3, 0.4) is 0 Å². The van der Waals surface area contributed by atoms with Crippen molar-refractivity contribution in [1.82, 2.24) is 0 Å². The molecule has 1 heterocycles.